The van der Waals surface area contributed by atoms with Gasteiger partial charge in [0.05, 0.1) is 4.90 Å². The lowest BCUT2D eigenvalue weighted by Gasteiger charge is -2.28. The second kappa shape index (κ2) is 6.30. The summed E-state index contributed by atoms with van der Waals surface area (Å²) >= 11 is 5.79. The molecule has 0 aliphatic heterocycles. The van der Waals surface area contributed by atoms with Crippen LogP contribution in [0.3, 0.4) is 0 Å². The Morgan fingerprint density at radius 2 is 2.10 bits per heavy atom. The van der Waals surface area contributed by atoms with Crippen molar-refractivity contribution in [3.63, 3.8) is 0 Å². The minimum Gasteiger partial charge on any atom is -0.264 e. The lowest BCUT2D eigenvalue weighted by Crippen LogP contribution is -2.45. The molecule has 0 spiro atoms. The number of benzene rings is 1. The molecule has 0 aliphatic rings. The Hall–Kier alpha value is -1.17. The molecule has 1 heterocycles. The molecule has 0 fully saturated rings. The van der Waals surface area contributed by atoms with E-state index >= 15 is 0 Å². The molecule has 0 bridgehead atoms. The van der Waals surface area contributed by atoms with Crippen LogP contribution < -0.4 is 4.72 Å². The molecule has 0 aliphatic carbocycles. The number of hydrogen-bond acceptors (Lipinski definition) is 3. The Morgan fingerprint density at radius 1 is 1.33 bits per heavy atom. The molecule has 1 aromatic heterocycles. The Labute approximate surface area is 130 Å². The largest absolute Gasteiger partial charge is 0.264 e. The van der Waals surface area contributed by atoms with Crippen molar-refractivity contribution in [3.8, 4) is 0 Å². The predicted octanol–water partition coefficient (Wildman–Crippen LogP) is 3.31. The summed E-state index contributed by atoms with van der Waals surface area (Å²) in [5, 5.41) is 1.47. The maximum atomic E-state index is 12.7. The molecule has 1 unspecified atom stereocenters. The molecule has 1 atom stereocenters. The van der Waals surface area contributed by atoms with Crippen LogP contribution in [0.25, 0.3) is 10.8 Å². The summed E-state index contributed by atoms with van der Waals surface area (Å²) in [6.07, 6.45) is 4.51. The highest BCUT2D eigenvalue weighted by Crippen LogP contribution is 2.25. The van der Waals surface area contributed by atoms with E-state index in [4.69, 9.17) is 11.6 Å². The van der Waals surface area contributed by atoms with Crippen LogP contribution in [0, 0.1) is 0 Å². The van der Waals surface area contributed by atoms with Gasteiger partial charge in [-0.15, -0.1) is 11.6 Å². The zero-order valence-corrected chi connectivity index (χ0v) is 13.7. The third-order valence-corrected chi connectivity index (χ3v) is 5.62. The first-order valence-corrected chi connectivity index (χ1v) is 8.86. The summed E-state index contributed by atoms with van der Waals surface area (Å²) in [6.45, 7) is 3.82. The Kier molecular flexibility index (Phi) is 4.86. The molecule has 1 N–H and O–H groups in total. The van der Waals surface area contributed by atoms with Crippen LogP contribution in [-0.4, -0.2) is 24.8 Å². The molecule has 0 saturated heterocycles. The first kappa shape index (κ1) is 16.2. The molecule has 0 saturated carbocycles. The molecule has 2 rings (SSSR count). The Balaban J connectivity index is 2.47. The Morgan fingerprint density at radius 3 is 2.76 bits per heavy atom. The van der Waals surface area contributed by atoms with E-state index < -0.39 is 15.6 Å². The van der Waals surface area contributed by atoms with Crippen LogP contribution in [0.4, 0.5) is 0 Å². The lowest BCUT2D eigenvalue weighted by atomic mass is 9.97. The average Bonchev–Trinajstić information content (AvgIpc) is 2.46. The van der Waals surface area contributed by atoms with Gasteiger partial charge in [0, 0.05) is 34.6 Å². The van der Waals surface area contributed by atoms with Crippen molar-refractivity contribution in [3.05, 3.63) is 36.7 Å². The van der Waals surface area contributed by atoms with Crippen LogP contribution in [0.2, 0.25) is 0 Å². The number of nitrogens with one attached hydrogen (secondary N) is 1. The first-order chi connectivity index (χ1) is 9.92. The van der Waals surface area contributed by atoms with E-state index in [-0.39, 0.29) is 4.90 Å². The van der Waals surface area contributed by atoms with E-state index in [9.17, 15) is 8.42 Å². The number of halogens is 1. The topological polar surface area (TPSA) is 59.1 Å². The van der Waals surface area contributed by atoms with E-state index in [0.29, 0.717) is 24.1 Å². The van der Waals surface area contributed by atoms with E-state index in [1.165, 1.54) is 0 Å². The van der Waals surface area contributed by atoms with Crippen molar-refractivity contribution in [2.75, 3.05) is 5.88 Å². The highest BCUT2D eigenvalue weighted by Gasteiger charge is 2.29. The predicted molar refractivity (Wildman–Crippen MR) is 86.1 cm³/mol. The fourth-order valence-electron chi connectivity index (χ4n) is 2.22. The van der Waals surface area contributed by atoms with Crippen LogP contribution in [-0.2, 0) is 10.0 Å². The van der Waals surface area contributed by atoms with Crippen LogP contribution in [0.5, 0.6) is 0 Å². The second-order valence-corrected chi connectivity index (χ2v) is 7.34. The second-order valence-electron chi connectivity index (χ2n) is 5.31. The zero-order chi connectivity index (χ0) is 15.5. The van der Waals surface area contributed by atoms with Crippen LogP contribution >= 0.6 is 11.6 Å². The molecular formula is C15H19ClN2O2S. The van der Waals surface area contributed by atoms with Crippen molar-refractivity contribution in [2.24, 2.45) is 0 Å². The molecule has 6 heteroatoms. The molecule has 1 aromatic carbocycles. The van der Waals surface area contributed by atoms with Crippen LogP contribution in [0.1, 0.15) is 26.7 Å². The van der Waals surface area contributed by atoms with Gasteiger partial charge in [0.15, 0.2) is 0 Å². The van der Waals surface area contributed by atoms with Gasteiger partial charge < -0.3 is 0 Å². The summed E-state index contributed by atoms with van der Waals surface area (Å²) in [4.78, 5) is 4.30. The number of fused-ring (bicyclic) bond motifs is 1. The maximum Gasteiger partial charge on any atom is 0.241 e. The van der Waals surface area contributed by atoms with Crippen molar-refractivity contribution < 1.29 is 8.42 Å². The van der Waals surface area contributed by atoms with E-state index in [2.05, 4.69) is 9.71 Å². The van der Waals surface area contributed by atoms with E-state index in [1.54, 1.807) is 30.6 Å². The van der Waals surface area contributed by atoms with Gasteiger partial charge in [-0.05, 0) is 31.9 Å². The quantitative estimate of drug-likeness (QED) is 0.828. The monoisotopic (exact) mass is 326 g/mol. The third-order valence-electron chi connectivity index (χ3n) is 3.74. The summed E-state index contributed by atoms with van der Waals surface area (Å²) in [7, 11) is -3.62. The number of alkyl halides is 1. The van der Waals surface area contributed by atoms with Crippen LogP contribution in [0.15, 0.2) is 41.6 Å². The highest BCUT2D eigenvalue weighted by molar-refractivity contribution is 7.89. The van der Waals surface area contributed by atoms with Crippen molar-refractivity contribution in [1.29, 1.82) is 0 Å². The zero-order valence-electron chi connectivity index (χ0n) is 12.1. The van der Waals surface area contributed by atoms with Gasteiger partial charge in [0.1, 0.15) is 0 Å². The molecule has 114 valence electrons. The normalized spacial score (nSPS) is 15.0. The molecular weight excluding hydrogens is 308 g/mol. The number of rotatable bonds is 6. The number of nitrogens with zero attached hydrogens (tertiary/aromatic N) is 1. The van der Waals surface area contributed by atoms with Crippen molar-refractivity contribution >= 4 is 32.4 Å². The van der Waals surface area contributed by atoms with Crippen molar-refractivity contribution in [2.45, 2.75) is 37.1 Å². The minimum atomic E-state index is -3.62. The summed E-state index contributed by atoms with van der Waals surface area (Å²) in [5.41, 5.74) is -0.546. The number of sulfonamides is 1. The first-order valence-electron chi connectivity index (χ1n) is 6.84. The molecule has 2 aromatic rings. The van der Waals surface area contributed by atoms with E-state index in [0.717, 1.165) is 5.39 Å². The number of hydrogen-bond donors (Lipinski definition) is 1. The number of aromatic nitrogens is 1. The van der Waals surface area contributed by atoms with Crippen molar-refractivity contribution in [1.82, 2.24) is 9.71 Å². The Bertz CT molecular complexity index is 728. The van der Waals surface area contributed by atoms with Gasteiger partial charge in [0.2, 0.25) is 10.0 Å². The van der Waals surface area contributed by atoms with Gasteiger partial charge >= 0.3 is 0 Å². The summed E-state index contributed by atoms with van der Waals surface area (Å²) < 4.78 is 28.2. The standard InChI is InChI=1S/C15H19ClN2O2S/c1-3-15(2,8-9-16)18-21(19,20)14-6-4-5-12-11-17-10-7-13(12)14/h4-7,10-11,18H,3,8-9H2,1-2H3. The van der Waals surface area contributed by atoms with Gasteiger partial charge in [0.25, 0.3) is 0 Å². The third kappa shape index (κ3) is 3.54. The average molecular weight is 327 g/mol. The summed E-state index contributed by atoms with van der Waals surface area (Å²) in [6, 6.07) is 6.90. The smallest absolute Gasteiger partial charge is 0.241 e. The SMILES string of the molecule is CCC(C)(CCCl)NS(=O)(=O)c1cccc2cnccc12. The van der Waals surface area contributed by atoms with Gasteiger partial charge in [-0.3, -0.25) is 4.98 Å². The maximum absolute atomic E-state index is 12.7. The molecule has 4 nitrogen and oxygen atoms in total. The molecule has 21 heavy (non-hydrogen) atoms. The summed E-state index contributed by atoms with van der Waals surface area (Å²) in [5.74, 6) is 0.409. The van der Waals surface area contributed by atoms with Gasteiger partial charge in [-0.1, -0.05) is 19.1 Å². The number of pyridine rings is 1. The molecule has 0 amide bonds. The lowest BCUT2D eigenvalue weighted by molar-refractivity contribution is 0.391. The van der Waals surface area contributed by atoms with E-state index in [1.807, 2.05) is 19.9 Å². The minimum absolute atomic E-state index is 0.275. The fourth-order valence-corrected chi connectivity index (χ4v) is 4.37. The van der Waals surface area contributed by atoms with Gasteiger partial charge in [-0.25, -0.2) is 13.1 Å². The fraction of sp³-hybridized carbons (Fsp3) is 0.400. The molecule has 0 radical (unpaired) electrons. The van der Waals surface area contributed by atoms with Gasteiger partial charge in [-0.2, -0.15) is 0 Å². The highest BCUT2D eigenvalue weighted by atomic mass is 35.5.